The topological polar surface area (TPSA) is 37.4 Å². The number of amides is 2. The van der Waals surface area contributed by atoms with Crippen molar-refractivity contribution in [2.45, 2.75) is 6.92 Å². The van der Waals surface area contributed by atoms with Gasteiger partial charge in [0.05, 0.1) is 5.69 Å². The van der Waals surface area contributed by atoms with Crippen molar-refractivity contribution >= 4 is 29.1 Å². The molecule has 1 aliphatic heterocycles. The van der Waals surface area contributed by atoms with E-state index >= 15 is 0 Å². The van der Waals surface area contributed by atoms with E-state index in [1.807, 2.05) is 19.1 Å². The molecule has 0 radical (unpaired) electrons. The van der Waals surface area contributed by atoms with E-state index in [-0.39, 0.29) is 10.9 Å². The number of nitrogens with zero attached hydrogens (tertiary/aromatic N) is 1. The van der Waals surface area contributed by atoms with Gasteiger partial charge in [0.25, 0.3) is 11.8 Å². The summed E-state index contributed by atoms with van der Waals surface area (Å²) < 4.78 is 0. The molecule has 0 bridgehead atoms. The lowest BCUT2D eigenvalue weighted by molar-refractivity contribution is -0.120. The molecule has 0 atom stereocenters. The second kappa shape index (κ2) is 3.51. The number of carbonyl (C=O) groups excluding carboxylic acids is 2. The summed E-state index contributed by atoms with van der Waals surface area (Å²) in [6.45, 7) is 1.84. The standard InChI is InChI=1S/C11H8ClNO2/c1-7-4-2-3-5-9(7)13-10(14)6-8(12)11(13)15/h2-6H,1H3. The van der Waals surface area contributed by atoms with Crippen LogP contribution in [0.1, 0.15) is 5.56 Å². The zero-order valence-electron chi connectivity index (χ0n) is 8.03. The minimum absolute atomic E-state index is 0.0387. The molecule has 1 aromatic rings. The Labute approximate surface area is 91.9 Å². The van der Waals surface area contributed by atoms with Gasteiger partial charge in [-0.05, 0) is 18.6 Å². The Hall–Kier alpha value is -1.61. The molecule has 1 aliphatic rings. The molecular weight excluding hydrogens is 214 g/mol. The van der Waals surface area contributed by atoms with Gasteiger partial charge in [0, 0.05) is 6.08 Å². The molecule has 2 rings (SSSR count). The van der Waals surface area contributed by atoms with Gasteiger partial charge in [0.1, 0.15) is 5.03 Å². The number of aryl methyl sites for hydroxylation is 1. The highest BCUT2D eigenvalue weighted by Gasteiger charge is 2.31. The molecule has 2 amide bonds. The Morgan fingerprint density at radius 3 is 2.40 bits per heavy atom. The fourth-order valence-corrected chi connectivity index (χ4v) is 1.66. The first kappa shape index (κ1) is 9.93. The minimum atomic E-state index is -0.462. The van der Waals surface area contributed by atoms with Gasteiger partial charge in [-0.3, -0.25) is 9.59 Å². The molecule has 0 aliphatic carbocycles. The van der Waals surface area contributed by atoms with Crippen molar-refractivity contribution in [1.82, 2.24) is 0 Å². The van der Waals surface area contributed by atoms with Crippen molar-refractivity contribution in [2.75, 3.05) is 4.90 Å². The summed E-state index contributed by atoms with van der Waals surface area (Å²) in [5.74, 6) is -0.852. The Morgan fingerprint density at radius 1 is 1.20 bits per heavy atom. The molecule has 15 heavy (non-hydrogen) atoms. The third-order valence-corrected chi connectivity index (χ3v) is 2.51. The highest BCUT2D eigenvalue weighted by atomic mass is 35.5. The molecule has 4 heteroatoms. The average molecular weight is 222 g/mol. The van der Waals surface area contributed by atoms with E-state index in [2.05, 4.69) is 0 Å². The van der Waals surface area contributed by atoms with Crippen LogP contribution in [0.15, 0.2) is 35.4 Å². The number of imide groups is 1. The number of benzene rings is 1. The van der Waals surface area contributed by atoms with Gasteiger partial charge in [-0.2, -0.15) is 0 Å². The minimum Gasteiger partial charge on any atom is -0.269 e. The van der Waals surface area contributed by atoms with E-state index in [1.165, 1.54) is 0 Å². The predicted octanol–water partition coefficient (Wildman–Crippen LogP) is 1.99. The van der Waals surface area contributed by atoms with E-state index in [4.69, 9.17) is 11.6 Å². The first-order chi connectivity index (χ1) is 7.11. The van der Waals surface area contributed by atoms with Crippen LogP contribution in [0.3, 0.4) is 0 Å². The van der Waals surface area contributed by atoms with Gasteiger partial charge in [-0.1, -0.05) is 29.8 Å². The molecule has 0 saturated heterocycles. The van der Waals surface area contributed by atoms with Crippen LogP contribution in [0.25, 0.3) is 0 Å². The van der Waals surface area contributed by atoms with Crippen LogP contribution in [0.4, 0.5) is 5.69 Å². The number of halogens is 1. The maximum atomic E-state index is 11.6. The molecule has 0 fully saturated rings. The molecule has 0 N–H and O–H groups in total. The van der Waals surface area contributed by atoms with Crippen molar-refractivity contribution in [3.8, 4) is 0 Å². The number of rotatable bonds is 1. The van der Waals surface area contributed by atoms with Crippen LogP contribution in [0, 0.1) is 6.92 Å². The highest BCUT2D eigenvalue weighted by molar-refractivity contribution is 6.51. The number of hydrogen-bond donors (Lipinski definition) is 0. The van der Waals surface area contributed by atoms with Gasteiger partial charge >= 0.3 is 0 Å². The molecule has 0 spiro atoms. The molecule has 76 valence electrons. The monoisotopic (exact) mass is 221 g/mol. The number of carbonyl (C=O) groups is 2. The van der Waals surface area contributed by atoms with E-state index in [0.29, 0.717) is 5.69 Å². The van der Waals surface area contributed by atoms with Crippen molar-refractivity contribution < 1.29 is 9.59 Å². The van der Waals surface area contributed by atoms with Crippen molar-refractivity contribution in [2.24, 2.45) is 0 Å². The van der Waals surface area contributed by atoms with Gasteiger partial charge in [0.15, 0.2) is 0 Å². The van der Waals surface area contributed by atoms with Crippen LogP contribution in [-0.4, -0.2) is 11.8 Å². The van der Waals surface area contributed by atoms with Crippen molar-refractivity contribution in [3.63, 3.8) is 0 Å². The Morgan fingerprint density at radius 2 is 1.87 bits per heavy atom. The molecule has 0 aromatic heterocycles. The van der Waals surface area contributed by atoms with E-state index in [9.17, 15) is 9.59 Å². The third kappa shape index (κ3) is 1.55. The van der Waals surface area contributed by atoms with Crippen LogP contribution in [0.2, 0.25) is 0 Å². The maximum absolute atomic E-state index is 11.6. The fraction of sp³-hybridized carbons (Fsp3) is 0.0909. The fourth-order valence-electron chi connectivity index (χ4n) is 1.48. The van der Waals surface area contributed by atoms with E-state index in [1.54, 1.807) is 12.1 Å². The highest BCUT2D eigenvalue weighted by Crippen LogP contribution is 2.26. The summed E-state index contributed by atoms with van der Waals surface area (Å²) >= 11 is 5.60. The Kier molecular flexibility index (Phi) is 2.32. The van der Waals surface area contributed by atoms with Gasteiger partial charge in [-0.25, -0.2) is 4.90 Å². The first-order valence-electron chi connectivity index (χ1n) is 4.42. The molecular formula is C11H8ClNO2. The van der Waals surface area contributed by atoms with E-state index in [0.717, 1.165) is 16.5 Å². The Balaban J connectivity index is 2.47. The zero-order chi connectivity index (χ0) is 11.0. The smallest absolute Gasteiger partial charge is 0.269 e. The first-order valence-corrected chi connectivity index (χ1v) is 4.80. The quantitative estimate of drug-likeness (QED) is 0.681. The Bertz CT molecular complexity index is 479. The third-order valence-electron chi connectivity index (χ3n) is 2.23. The zero-order valence-corrected chi connectivity index (χ0v) is 8.78. The van der Waals surface area contributed by atoms with Crippen molar-refractivity contribution in [1.29, 1.82) is 0 Å². The summed E-state index contributed by atoms with van der Waals surface area (Å²) in [6, 6.07) is 7.17. The summed E-state index contributed by atoms with van der Waals surface area (Å²) in [5.41, 5.74) is 1.44. The van der Waals surface area contributed by atoms with Crippen LogP contribution < -0.4 is 4.90 Å². The summed E-state index contributed by atoms with van der Waals surface area (Å²) in [6.07, 6.45) is 1.14. The average Bonchev–Trinajstić information content (AvgIpc) is 2.43. The lowest BCUT2D eigenvalue weighted by Gasteiger charge is -2.16. The summed E-state index contributed by atoms with van der Waals surface area (Å²) in [5, 5.41) is -0.0387. The van der Waals surface area contributed by atoms with Crippen LogP contribution >= 0.6 is 11.6 Å². The maximum Gasteiger partial charge on any atom is 0.277 e. The number of para-hydroxylation sites is 1. The van der Waals surface area contributed by atoms with Crippen molar-refractivity contribution in [3.05, 3.63) is 40.9 Å². The van der Waals surface area contributed by atoms with E-state index < -0.39 is 5.91 Å². The normalized spacial score (nSPS) is 15.9. The molecule has 1 heterocycles. The molecule has 0 saturated carbocycles. The second-order valence-corrected chi connectivity index (χ2v) is 3.66. The predicted molar refractivity (Wildman–Crippen MR) is 57.6 cm³/mol. The van der Waals surface area contributed by atoms with Gasteiger partial charge in [-0.15, -0.1) is 0 Å². The summed E-state index contributed by atoms with van der Waals surface area (Å²) in [7, 11) is 0. The molecule has 3 nitrogen and oxygen atoms in total. The summed E-state index contributed by atoms with van der Waals surface area (Å²) in [4.78, 5) is 24.1. The molecule has 1 aromatic carbocycles. The van der Waals surface area contributed by atoms with Crippen LogP contribution in [-0.2, 0) is 9.59 Å². The lowest BCUT2D eigenvalue weighted by Crippen LogP contribution is -2.30. The number of hydrogen-bond acceptors (Lipinski definition) is 2. The second-order valence-electron chi connectivity index (χ2n) is 3.26. The molecule has 0 unspecified atom stereocenters. The number of anilines is 1. The van der Waals surface area contributed by atoms with Crippen LogP contribution in [0.5, 0.6) is 0 Å². The lowest BCUT2D eigenvalue weighted by atomic mass is 10.2. The largest absolute Gasteiger partial charge is 0.277 e. The SMILES string of the molecule is Cc1ccccc1N1C(=O)C=C(Cl)C1=O. The van der Waals surface area contributed by atoms with Gasteiger partial charge in [0.2, 0.25) is 0 Å². The van der Waals surface area contributed by atoms with Gasteiger partial charge < -0.3 is 0 Å².